The van der Waals surface area contributed by atoms with Crippen LogP contribution in [0, 0.1) is 11.6 Å². The number of nitrogens with zero attached hydrogens (tertiary/aromatic N) is 3. The smallest absolute Gasteiger partial charge is 0.246 e. The first-order valence-electron chi connectivity index (χ1n) is 9.27. The molecule has 1 amide bonds. The van der Waals surface area contributed by atoms with E-state index < -0.39 is 26.6 Å². The van der Waals surface area contributed by atoms with E-state index >= 15 is 0 Å². The zero-order valence-electron chi connectivity index (χ0n) is 16.0. The molecule has 0 unspecified atom stereocenters. The van der Waals surface area contributed by atoms with Crippen molar-refractivity contribution >= 4 is 15.9 Å². The van der Waals surface area contributed by atoms with E-state index in [4.69, 9.17) is 4.74 Å². The Labute approximate surface area is 163 Å². The monoisotopic (exact) mass is 417 g/mol. The molecule has 1 aromatic rings. The predicted octanol–water partition coefficient (Wildman–Crippen LogP) is 0.907. The van der Waals surface area contributed by atoms with Gasteiger partial charge in [-0.2, -0.15) is 4.31 Å². The Bertz CT molecular complexity index is 818. The van der Waals surface area contributed by atoms with Crippen molar-refractivity contribution < 1.29 is 26.7 Å². The molecule has 2 saturated heterocycles. The number of halogens is 2. The third-order valence-corrected chi connectivity index (χ3v) is 6.91. The fourth-order valence-electron chi connectivity index (χ4n) is 3.62. The van der Waals surface area contributed by atoms with Gasteiger partial charge in [0.05, 0.1) is 18.8 Å². The summed E-state index contributed by atoms with van der Waals surface area (Å²) in [5, 5.41) is 0. The summed E-state index contributed by atoms with van der Waals surface area (Å²) in [6, 6.07) is 2.43. The number of amides is 1. The molecule has 2 atom stereocenters. The van der Waals surface area contributed by atoms with Crippen molar-refractivity contribution in [2.45, 2.75) is 31.0 Å². The predicted molar refractivity (Wildman–Crippen MR) is 98.1 cm³/mol. The second-order valence-corrected chi connectivity index (χ2v) is 9.22. The van der Waals surface area contributed by atoms with Crippen LogP contribution in [0.15, 0.2) is 23.1 Å². The number of morpholine rings is 1. The van der Waals surface area contributed by atoms with Gasteiger partial charge in [-0.05, 0) is 26.0 Å². The molecule has 2 aliphatic heterocycles. The minimum atomic E-state index is -4.04. The Morgan fingerprint density at radius 1 is 1.11 bits per heavy atom. The molecule has 0 saturated carbocycles. The summed E-state index contributed by atoms with van der Waals surface area (Å²) in [6.07, 6.45) is -0.0272. The standard InChI is InChI=1S/C18H25F2N3O4S/c1-13-10-22(11-14(2)27-13)18(24)12-21-5-7-23(8-6-21)28(25,26)17-4-3-15(19)9-16(17)20/h3-4,9,13-14H,5-8,10-12H2,1-2H3/t13-,14+. The van der Waals surface area contributed by atoms with E-state index in [1.54, 1.807) is 4.90 Å². The number of ether oxygens (including phenoxy) is 1. The molecule has 0 bridgehead atoms. The maximum atomic E-state index is 13.9. The van der Waals surface area contributed by atoms with Gasteiger partial charge in [0.2, 0.25) is 15.9 Å². The topological polar surface area (TPSA) is 70.2 Å². The zero-order valence-corrected chi connectivity index (χ0v) is 16.8. The number of rotatable bonds is 4. The first-order valence-corrected chi connectivity index (χ1v) is 10.7. The molecule has 0 radical (unpaired) electrons. The molecule has 156 valence electrons. The molecule has 0 aromatic heterocycles. The quantitative estimate of drug-likeness (QED) is 0.728. The van der Waals surface area contributed by atoms with Crippen molar-refractivity contribution in [2.24, 2.45) is 0 Å². The minimum Gasteiger partial charge on any atom is -0.372 e. The van der Waals surface area contributed by atoms with Crippen molar-refractivity contribution in [2.75, 3.05) is 45.8 Å². The summed E-state index contributed by atoms with van der Waals surface area (Å²) in [6.45, 7) is 6.15. The first kappa shape index (κ1) is 21.1. The molecule has 0 spiro atoms. The number of benzene rings is 1. The van der Waals surface area contributed by atoms with E-state index in [-0.39, 0.29) is 37.7 Å². The van der Waals surface area contributed by atoms with Gasteiger partial charge in [0, 0.05) is 45.3 Å². The zero-order chi connectivity index (χ0) is 20.5. The summed E-state index contributed by atoms with van der Waals surface area (Å²) in [7, 11) is -4.04. The highest BCUT2D eigenvalue weighted by atomic mass is 32.2. The van der Waals surface area contributed by atoms with Gasteiger partial charge in [-0.1, -0.05) is 0 Å². The summed E-state index contributed by atoms with van der Waals surface area (Å²) in [5.74, 6) is -1.94. The highest BCUT2D eigenvalue weighted by Crippen LogP contribution is 2.21. The largest absolute Gasteiger partial charge is 0.372 e. The van der Waals surface area contributed by atoms with Crippen LogP contribution in [0.1, 0.15) is 13.8 Å². The van der Waals surface area contributed by atoms with E-state index in [1.807, 2.05) is 18.7 Å². The first-order chi connectivity index (χ1) is 13.2. The number of hydrogen-bond acceptors (Lipinski definition) is 5. The number of hydrogen-bond donors (Lipinski definition) is 0. The normalized spacial score (nSPS) is 25.1. The van der Waals surface area contributed by atoms with Gasteiger partial charge in [-0.25, -0.2) is 17.2 Å². The molecular formula is C18H25F2N3O4S. The molecule has 0 N–H and O–H groups in total. The van der Waals surface area contributed by atoms with Crippen LogP contribution in [0.25, 0.3) is 0 Å². The summed E-state index contributed by atoms with van der Waals surface area (Å²) >= 11 is 0. The van der Waals surface area contributed by atoms with Crippen LogP contribution in [-0.2, 0) is 19.6 Å². The molecule has 2 fully saturated rings. The van der Waals surface area contributed by atoms with Gasteiger partial charge in [0.1, 0.15) is 16.5 Å². The SMILES string of the molecule is C[C@@H]1CN(C(=O)CN2CCN(S(=O)(=O)c3ccc(F)cc3F)CC2)C[C@H](C)O1. The van der Waals surface area contributed by atoms with E-state index in [9.17, 15) is 22.0 Å². The Morgan fingerprint density at radius 3 is 2.29 bits per heavy atom. The summed E-state index contributed by atoms with van der Waals surface area (Å²) < 4.78 is 59.0. The second kappa shape index (κ2) is 8.40. The van der Waals surface area contributed by atoms with Crippen molar-refractivity contribution in [3.8, 4) is 0 Å². The third-order valence-electron chi connectivity index (χ3n) is 4.97. The lowest BCUT2D eigenvalue weighted by Gasteiger charge is -2.38. The molecule has 10 heteroatoms. The van der Waals surface area contributed by atoms with Crippen LogP contribution in [0.2, 0.25) is 0 Å². The fraction of sp³-hybridized carbons (Fsp3) is 0.611. The van der Waals surface area contributed by atoms with Crippen LogP contribution in [0.5, 0.6) is 0 Å². The van der Waals surface area contributed by atoms with Gasteiger partial charge < -0.3 is 9.64 Å². The molecule has 28 heavy (non-hydrogen) atoms. The van der Waals surface area contributed by atoms with Crippen molar-refractivity contribution in [1.29, 1.82) is 0 Å². The lowest BCUT2D eigenvalue weighted by Crippen LogP contribution is -2.54. The fourth-order valence-corrected chi connectivity index (χ4v) is 5.09. The second-order valence-electron chi connectivity index (χ2n) is 7.31. The maximum absolute atomic E-state index is 13.9. The maximum Gasteiger partial charge on any atom is 0.246 e. The summed E-state index contributed by atoms with van der Waals surface area (Å²) in [4.78, 5) is 15.7. The van der Waals surface area contributed by atoms with E-state index in [1.165, 1.54) is 4.31 Å². The van der Waals surface area contributed by atoms with Crippen LogP contribution in [-0.4, -0.2) is 86.5 Å². The van der Waals surface area contributed by atoms with Gasteiger partial charge in [0.25, 0.3) is 0 Å². The molecular weight excluding hydrogens is 392 g/mol. The van der Waals surface area contributed by atoms with Crippen LogP contribution in [0.4, 0.5) is 8.78 Å². The molecule has 7 nitrogen and oxygen atoms in total. The Morgan fingerprint density at radius 2 is 1.71 bits per heavy atom. The lowest BCUT2D eigenvalue weighted by molar-refractivity contribution is -0.144. The minimum absolute atomic E-state index is 0.0112. The van der Waals surface area contributed by atoms with Crippen LogP contribution >= 0.6 is 0 Å². The van der Waals surface area contributed by atoms with E-state index in [2.05, 4.69) is 0 Å². The van der Waals surface area contributed by atoms with Crippen molar-refractivity contribution in [3.05, 3.63) is 29.8 Å². The van der Waals surface area contributed by atoms with Gasteiger partial charge >= 0.3 is 0 Å². The van der Waals surface area contributed by atoms with E-state index in [0.29, 0.717) is 32.2 Å². The van der Waals surface area contributed by atoms with Crippen LogP contribution < -0.4 is 0 Å². The molecule has 3 rings (SSSR count). The highest BCUT2D eigenvalue weighted by Gasteiger charge is 2.32. The Kier molecular flexibility index (Phi) is 6.33. The van der Waals surface area contributed by atoms with Gasteiger partial charge in [-0.15, -0.1) is 0 Å². The average molecular weight is 417 g/mol. The van der Waals surface area contributed by atoms with Gasteiger partial charge in [-0.3, -0.25) is 9.69 Å². The Hall–Kier alpha value is -1.62. The number of carbonyl (C=O) groups excluding carboxylic acids is 1. The van der Waals surface area contributed by atoms with Crippen LogP contribution in [0.3, 0.4) is 0 Å². The Balaban J connectivity index is 1.57. The molecule has 2 aliphatic rings. The molecule has 1 aromatic carbocycles. The van der Waals surface area contributed by atoms with Crippen molar-refractivity contribution in [1.82, 2.24) is 14.1 Å². The van der Waals surface area contributed by atoms with Gasteiger partial charge in [0.15, 0.2) is 0 Å². The average Bonchev–Trinajstić information content (AvgIpc) is 2.61. The third kappa shape index (κ3) is 4.68. The lowest BCUT2D eigenvalue weighted by atomic mass is 10.2. The molecule has 2 heterocycles. The number of carbonyl (C=O) groups is 1. The molecule has 0 aliphatic carbocycles. The number of piperazine rings is 1. The van der Waals surface area contributed by atoms with Crippen molar-refractivity contribution in [3.63, 3.8) is 0 Å². The summed E-state index contributed by atoms with van der Waals surface area (Å²) in [5.41, 5.74) is 0. The highest BCUT2D eigenvalue weighted by molar-refractivity contribution is 7.89. The number of sulfonamides is 1. The van der Waals surface area contributed by atoms with E-state index in [0.717, 1.165) is 12.1 Å².